The van der Waals surface area contributed by atoms with Crippen molar-refractivity contribution in [2.75, 3.05) is 0 Å². The average molecular weight is 260 g/mol. The minimum absolute atomic E-state index is 0.400. The van der Waals surface area contributed by atoms with E-state index in [4.69, 9.17) is 0 Å². The van der Waals surface area contributed by atoms with Crippen LogP contribution in [-0.2, 0) is 0 Å². The minimum Gasteiger partial charge on any atom is -0.445 e. The lowest BCUT2D eigenvalue weighted by Crippen LogP contribution is -2.39. The molecule has 0 aliphatic heterocycles. The van der Waals surface area contributed by atoms with Gasteiger partial charge in [-0.25, -0.2) is 8.78 Å². The molecule has 0 heterocycles. The van der Waals surface area contributed by atoms with Crippen LogP contribution in [0.2, 0.25) is 0 Å². The first kappa shape index (κ1) is 10.5. The lowest BCUT2D eigenvalue weighted by molar-refractivity contribution is 0.484. The first-order chi connectivity index (χ1) is 5.84. The van der Waals surface area contributed by atoms with Crippen LogP contribution < -0.4 is 5.46 Å². The molecule has 0 fully saturated rings. The molecule has 1 aromatic rings. The van der Waals surface area contributed by atoms with Gasteiger partial charge in [0, 0.05) is 0 Å². The molecule has 13 heavy (non-hydrogen) atoms. The van der Waals surface area contributed by atoms with Gasteiger partial charge in [-0.05, 0) is 33.5 Å². The maximum absolute atomic E-state index is 12.8. The summed E-state index contributed by atoms with van der Waals surface area (Å²) in [6.45, 7) is -5.65. The zero-order chi connectivity index (χ0) is 10.2. The van der Waals surface area contributed by atoms with Gasteiger partial charge in [-0.1, -0.05) is 0 Å². The first-order valence-electron chi connectivity index (χ1n) is 3.17. The second-order valence-corrected chi connectivity index (χ2v) is 3.19. The number of hydrogen-bond acceptors (Lipinski definition) is 0. The molecule has 0 amide bonds. The zero-order valence-corrected chi connectivity index (χ0v) is 7.59. The third-order valence-corrected chi connectivity index (χ3v) is 2.02. The standard InChI is InChI=1S/C6H2BBrF5/c8-3-1-2-4(9)5(6(3)10)7(11,12)13/h1-2H/q-1. The van der Waals surface area contributed by atoms with Gasteiger partial charge in [0.2, 0.25) is 0 Å². The predicted octanol–water partition coefficient (Wildman–Crippen LogP) is 2.78. The van der Waals surface area contributed by atoms with Crippen LogP contribution in [0.3, 0.4) is 0 Å². The molecular formula is C6H2BBrF5-. The van der Waals surface area contributed by atoms with E-state index in [0.717, 1.165) is 6.07 Å². The fourth-order valence-corrected chi connectivity index (χ4v) is 1.19. The molecule has 1 aromatic carbocycles. The van der Waals surface area contributed by atoms with Gasteiger partial charge < -0.3 is 12.9 Å². The van der Waals surface area contributed by atoms with E-state index < -0.39 is 28.5 Å². The smallest absolute Gasteiger partial charge is 0.445 e. The summed E-state index contributed by atoms with van der Waals surface area (Å²) in [5.41, 5.74) is -1.81. The van der Waals surface area contributed by atoms with Crippen LogP contribution in [0, 0.1) is 11.6 Å². The first-order valence-corrected chi connectivity index (χ1v) is 3.96. The predicted molar refractivity (Wildman–Crippen MR) is 42.8 cm³/mol. The summed E-state index contributed by atoms with van der Waals surface area (Å²) in [4.78, 5) is 0. The Kier molecular flexibility index (Phi) is 2.65. The second kappa shape index (κ2) is 3.28. The highest BCUT2D eigenvalue weighted by atomic mass is 79.9. The Labute approximate surface area is 78.9 Å². The van der Waals surface area contributed by atoms with Crippen LogP contribution in [-0.4, -0.2) is 6.98 Å². The molecule has 0 spiro atoms. The third kappa shape index (κ3) is 2.01. The van der Waals surface area contributed by atoms with E-state index in [1.807, 2.05) is 0 Å². The molecular weight excluding hydrogens is 258 g/mol. The Hall–Kier alpha value is -0.585. The monoisotopic (exact) mass is 259 g/mol. The van der Waals surface area contributed by atoms with Crippen molar-refractivity contribution >= 4 is 28.4 Å². The fraction of sp³-hybridized carbons (Fsp3) is 0. The van der Waals surface area contributed by atoms with E-state index in [1.165, 1.54) is 0 Å². The number of hydrogen-bond donors (Lipinski definition) is 0. The van der Waals surface area contributed by atoms with Gasteiger partial charge in [0.25, 0.3) is 0 Å². The van der Waals surface area contributed by atoms with Crippen molar-refractivity contribution in [3.63, 3.8) is 0 Å². The molecule has 0 radical (unpaired) electrons. The van der Waals surface area contributed by atoms with Gasteiger partial charge in [-0.15, -0.1) is 0 Å². The molecule has 0 atom stereocenters. The van der Waals surface area contributed by atoms with E-state index in [0.29, 0.717) is 6.07 Å². The van der Waals surface area contributed by atoms with Crippen LogP contribution in [0.15, 0.2) is 16.6 Å². The Morgan fingerprint density at radius 1 is 1.08 bits per heavy atom. The van der Waals surface area contributed by atoms with E-state index >= 15 is 0 Å². The zero-order valence-electron chi connectivity index (χ0n) is 6.00. The number of benzene rings is 1. The van der Waals surface area contributed by atoms with Crippen LogP contribution in [0.1, 0.15) is 0 Å². The third-order valence-electron chi connectivity index (χ3n) is 1.41. The molecule has 0 aliphatic rings. The summed E-state index contributed by atoms with van der Waals surface area (Å²) in [7, 11) is 0. The summed E-state index contributed by atoms with van der Waals surface area (Å²) in [6, 6.07) is 1.45. The summed E-state index contributed by atoms with van der Waals surface area (Å²) in [5, 5.41) is 0. The highest BCUT2D eigenvalue weighted by Crippen LogP contribution is 2.20. The van der Waals surface area contributed by atoms with Crippen molar-refractivity contribution in [2.24, 2.45) is 0 Å². The average Bonchev–Trinajstić information content (AvgIpc) is 1.95. The molecule has 0 N–H and O–H groups in total. The van der Waals surface area contributed by atoms with Gasteiger partial charge >= 0.3 is 6.98 Å². The number of rotatable bonds is 1. The molecule has 0 aromatic heterocycles. The van der Waals surface area contributed by atoms with Crippen molar-refractivity contribution in [1.82, 2.24) is 0 Å². The molecule has 0 saturated heterocycles. The van der Waals surface area contributed by atoms with Gasteiger partial charge in [0.15, 0.2) is 0 Å². The van der Waals surface area contributed by atoms with E-state index in [2.05, 4.69) is 15.9 Å². The molecule has 0 bridgehead atoms. The lowest BCUT2D eigenvalue weighted by atomic mass is 9.79. The Morgan fingerprint density at radius 2 is 1.62 bits per heavy atom. The van der Waals surface area contributed by atoms with Crippen molar-refractivity contribution in [1.29, 1.82) is 0 Å². The SMILES string of the molecule is Fc1ccc(Br)c(F)c1[B-](F)(F)F. The summed E-state index contributed by atoms with van der Waals surface area (Å²) < 4.78 is 61.1. The molecule has 0 unspecified atom stereocenters. The summed E-state index contributed by atoms with van der Waals surface area (Å²) >= 11 is 2.54. The molecule has 7 heteroatoms. The van der Waals surface area contributed by atoms with E-state index in [1.54, 1.807) is 0 Å². The van der Waals surface area contributed by atoms with Crippen LogP contribution in [0.5, 0.6) is 0 Å². The quantitative estimate of drug-likeness (QED) is 0.413. The van der Waals surface area contributed by atoms with Crippen molar-refractivity contribution < 1.29 is 21.7 Å². The molecule has 1 rings (SSSR count). The molecule has 0 aliphatic carbocycles. The largest absolute Gasteiger partial charge is 0.515 e. The van der Waals surface area contributed by atoms with Crippen LogP contribution in [0.25, 0.3) is 0 Å². The molecule has 0 nitrogen and oxygen atoms in total. The van der Waals surface area contributed by atoms with Crippen molar-refractivity contribution in [3.8, 4) is 0 Å². The Bertz CT molecular complexity index is 335. The maximum Gasteiger partial charge on any atom is 0.515 e. The lowest BCUT2D eigenvalue weighted by Gasteiger charge is -2.17. The maximum atomic E-state index is 12.8. The normalized spacial score (nSPS) is 11.8. The molecule has 72 valence electrons. The Morgan fingerprint density at radius 3 is 2.00 bits per heavy atom. The molecule has 0 saturated carbocycles. The van der Waals surface area contributed by atoms with E-state index in [9.17, 15) is 21.7 Å². The van der Waals surface area contributed by atoms with Gasteiger partial charge in [0.05, 0.1) is 10.3 Å². The van der Waals surface area contributed by atoms with Gasteiger partial charge in [0.1, 0.15) is 5.82 Å². The summed E-state index contributed by atoms with van der Waals surface area (Å²) in [5.74, 6) is -3.19. The van der Waals surface area contributed by atoms with Crippen LogP contribution >= 0.6 is 15.9 Å². The van der Waals surface area contributed by atoms with Crippen molar-refractivity contribution in [2.45, 2.75) is 0 Å². The fourth-order valence-electron chi connectivity index (χ4n) is 0.843. The van der Waals surface area contributed by atoms with E-state index in [-0.39, 0.29) is 0 Å². The highest BCUT2D eigenvalue weighted by Gasteiger charge is 2.33. The van der Waals surface area contributed by atoms with Crippen molar-refractivity contribution in [3.05, 3.63) is 28.2 Å². The topological polar surface area (TPSA) is 0 Å². The van der Waals surface area contributed by atoms with Crippen LogP contribution in [0.4, 0.5) is 21.7 Å². The summed E-state index contributed by atoms with van der Waals surface area (Å²) in [6.07, 6.45) is 0. The number of halogens is 6. The second-order valence-electron chi connectivity index (χ2n) is 2.33. The Balaban J connectivity index is 3.43. The highest BCUT2D eigenvalue weighted by molar-refractivity contribution is 9.10. The minimum atomic E-state index is -5.65. The van der Waals surface area contributed by atoms with Gasteiger partial charge in [-0.2, -0.15) is 0 Å². The van der Waals surface area contributed by atoms with Gasteiger partial charge in [-0.3, -0.25) is 0 Å².